The average Bonchev–Trinajstić information content (AvgIpc) is 3.10. The van der Waals surface area contributed by atoms with Crippen LogP contribution in [0, 0.1) is 0 Å². The van der Waals surface area contributed by atoms with Gasteiger partial charge < -0.3 is 14.6 Å². The molecule has 0 radical (unpaired) electrons. The Labute approximate surface area is 180 Å². The molecule has 1 unspecified atom stereocenters. The third kappa shape index (κ3) is 6.10. The summed E-state index contributed by atoms with van der Waals surface area (Å²) < 4.78 is 7.20. The molecule has 1 amide bonds. The molecule has 0 spiro atoms. The summed E-state index contributed by atoms with van der Waals surface area (Å²) in [6.45, 7) is 3.07. The summed E-state index contributed by atoms with van der Waals surface area (Å²) in [6, 6.07) is 17.9. The second-order valence-electron chi connectivity index (χ2n) is 6.72. The predicted molar refractivity (Wildman–Crippen MR) is 118 cm³/mol. The van der Waals surface area contributed by atoms with Crippen LogP contribution in [-0.2, 0) is 16.1 Å². The van der Waals surface area contributed by atoms with E-state index >= 15 is 0 Å². The fourth-order valence-electron chi connectivity index (χ4n) is 2.98. The van der Waals surface area contributed by atoms with Crippen molar-refractivity contribution in [1.82, 2.24) is 14.9 Å². The summed E-state index contributed by atoms with van der Waals surface area (Å²) in [6.07, 6.45) is 1.85. The average molecular weight is 430 g/mol. The molecule has 0 aliphatic carbocycles. The van der Waals surface area contributed by atoms with Crippen molar-refractivity contribution < 1.29 is 9.53 Å². The first-order valence-electron chi connectivity index (χ1n) is 9.33. The van der Waals surface area contributed by atoms with Crippen molar-refractivity contribution in [3.63, 3.8) is 0 Å². The minimum absolute atomic E-state index is 0.0261. The van der Waals surface area contributed by atoms with E-state index in [2.05, 4.69) is 27.0 Å². The highest BCUT2D eigenvalue weighted by molar-refractivity contribution is 7.99. The number of rotatable bonds is 9. The normalized spacial score (nSPS) is 12.0. The van der Waals surface area contributed by atoms with Gasteiger partial charge in [-0.25, -0.2) is 4.98 Å². The molecule has 152 valence electrons. The molecule has 3 aromatic rings. The number of carbonyl (C=O) groups excluding carboxylic acids is 1. The van der Waals surface area contributed by atoms with Crippen LogP contribution in [0.5, 0.6) is 0 Å². The minimum Gasteiger partial charge on any atom is -0.383 e. The van der Waals surface area contributed by atoms with E-state index in [-0.39, 0.29) is 11.9 Å². The van der Waals surface area contributed by atoms with E-state index in [9.17, 15) is 4.79 Å². The molecule has 1 atom stereocenters. The van der Waals surface area contributed by atoms with Crippen molar-refractivity contribution in [2.45, 2.75) is 24.7 Å². The van der Waals surface area contributed by atoms with Crippen molar-refractivity contribution in [1.29, 1.82) is 0 Å². The van der Waals surface area contributed by atoms with Crippen LogP contribution in [0.25, 0.3) is 11.3 Å². The molecule has 0 aliphatic heterocycles. The first kappa shape index (κ1) is 21.4. The number of aromatic nitrogens is 2. The van der Waals surface area contributed by atoms with Crippen molar-refractivity contribution in [2.24, 2.45) is 0 Å². The summed E-state index contributed by atoms with van der Waals surface area (Å²) in [5.74, 6) is 0.252. The van der Waals surface area contributed by atoms with Crippen molar-refractivity contribution in [2.75, 3.05) is 19.5 Å². The second-order valence-corrected chi connectivity index (χ2v) is 8.10. The molecule has 29 heavy (non-hydrogen) atoms. The first-order valence-corrected chi connectivity index (χ1v) is 10.7. The zero-order chi connectivity index (χ0) is 20.6. The molecular weight excluding hydrogens is 406 g/mol. The Morgan fingerprint density at radius 3 is 2.62 bits per heavy atom. The lowest BCUT2D eigenvalue weighted by Gasteiger charge is -2.14. The highest BCUT2D eigenvalue weighted by atomic mass is 35.5. The SMILES string of the molecule is COCC(C)NC(=O)CSc1ncc(-c2ccc(Cl)cc2)n1Cc1ccccc1. The molecule has 1 aromatic heterocycles. The van der Waals surface area contributed by atoms with Gasteiger partial charge in [-0.05, 0) is 30.2 Å². The number of amides is 1. The molecule has 0 aliphatic rings. The number of methoxy groups -OCH3 is 1. The zero-order valence-electron chi connectivity index (χ0n) is 16.5. The molecule has 0 saturated carbocycles. The van der Waals surface area contributed by atoms with Gasteiger partial charge in [-0.1, -0.05) is 65.8 Å². The number of imidazole rings is 1. The summed E-state index contributed by atoms with van der Waals surface area (Å²) >= 11 is 7.47. The highest BCUT2D eigenvalue weighted by Gasteiger charge is 2.15. The van der Waals surface area contributed by atoms with Gasteiger partial charge in [0.25, 0.3) is 0 Å². The fourth-order valence-corrected chi connectivity index (χ4v) is 3.90. The lowest BCUT2D eigenvalue weighted by Crippen LogP contribution is -2.36. The minimum atomic E-state index is -0.0399. The van der Waals surface area contributed by atoms with E-state index in [4.69, 9.17) is 16.3 Å². The Morgan fingerprint density at radius 2 is 1.93 bits per heavy atom. The van der Waals surface area contributed by atoms with Crippen LogP contribution in [0.15, 0.2) is 66.0 Å². The van der Waals surface area contributed by atoms with E-state index in [0.717, 1.165) is 16.4 Å². The van der Waals surface area contributed by atoms with Gasteiger partial charge in [0, 0.05) is 18.2 Å². The van der Waals surface area contributed by atoms with Crippen molar-refractivity contribution >= 4 is 29.3 Å². The summed E-state index contributed by atoms with van der Waals surface area (Å²) in [5.41, 5.74) is 3.18. The van der Waals surface area contributed by atoms with Crippen LogP contribution < -0.4 is 5.32 Å². The quantitative estimate of drug-likeness (QED) is 0.509. The predicted octanol–water partition coefficient (Wildman–Crippen LogP) is 4.50. The summed E-state index contributed by atoms with van der Waals surface area (Å²) in [7, 11) is 1.62. The van der Waals surface area contributed by atoms with Gasteiger partial charge in [-0.2, -0.15) is 0 Å². The number of hydrogen-bond acceptors (Lipinski definition) is 4. The van der Waals surface area contributed by atoms with Crippen LogP contribution in [0.4, 0.5) is 0 Å². The highest BCUT2D eigenvalue weighted by Crippen LogP contribution is 2.28. The number of benzene rings is 2. The molecule has 0 fully saturated rings. The van der Waals surface area contributed by atoms with E-state index in [1.54, 1.807) is 7.11 Å². The van der Waals surface area contributed by atoms with E-state index < -0.39 is 0 Å². The van der Waals surface area contributed by atoms with Crippen molar-refractivity contribution in [3.8, 4) is 11.3 Å². The summed E-state index contributed by atoms with van der Waals surface area (Å²) in [5, 5.41) is 4.42. The third-order valence-corrected chi connectivity index (χ3v) is 5.54. The number of thioether (sulfide) groups is 1. The zero-order valence-corrected chi connectivity index (χ0v) is 18.0. The molecule has 7 heteroatoms. The van der Waals surface area contributed by atoms with Crippen LogP contribution in [0.2, 0.25) is 5.02 Å². The van der Waals surface area contributed by atoms with Crippen LogP contribution in [0.1, 0.15) is 12.5 Å². The lowest BCUT2D eigenvalue weighted by molar-refractivity contribution is -0.119. The van der Waals surface area contributed by atoms with Crippen LogP contribution >= 0.6 is 23.4 Å². The Hall–Kier alpha value is -2.28. The topological polar surface area (TPSA) is 56.1 Å². The van der Waals surface area contributed by atoms with Gasteiger partial charge in [0.15, 0.2) is 5.16 Å². The molecule has 1 heterocycles. The molecule has 2 aromatic carbocycles. The number of nitrogens with one attached hydrogen (secondary N) is 1. The maximum atomic E-state index is 12.2. The van der Waals surface area contributed by atoms with E-state index in [1.807, 2.05) is 55.6 Å². The molecule has 1 N–H and O–H groups in total. The maximum absolute atomic E-state index is 12.2. The van der Waals surface area contributed by atoms with Gasteiger partial charge in [-0.3, -0.25) is 4.79 Å². The van der Waals surface area contributed by atoms with Gasteiger partial charge >= 0.3 is 0 Å². The Balaban J connectivity index is 1.81. The molecule has 0 saturated heterocycles. The standard InChI is InChI=1S/C22H24ClN3O2S/c1-16(14-28-2)25-21(27)15-29-22-24-12-20(18-8-10-19(23)11-9-18)26(22)13-17-6-4-3-5-7-17/h3-12,16H,13-15H2,1-2H3,(H,25,27). The van der Waals surface area contributed by atoms with Crippen LogP contribution in [0.3, 0.4) is 0 Å². The maximum Gasteiger partial charge on any atom is 0.230 e. The summed E-state index contributed by atoms with van der Waals surface area (Å²) in [4.78, 5) is 16.8. The number of ether oxygens (including phenoxy) is 1. The number of carbonyl (C=O) groups is 1. The largest absolute Gasteiger partial charge is 0.383 e. The Bertz CT molecular complexity index is 929. The lowest BCUT2D eigenvalue weighted by atomic mass is 10.1. The third-order valence-electron chi connectivity index (χ3n) is 4.30. The van der Waals surface area contributed by atoms with Crippen molar-refractivity contribution in [3.05, 3.63) is 71.4 Å². The Morgan fingerprint density at radius 1 is 1.21 bits per heavy atom. The van der Waals surface area contributed by atoms with Crippen LogP contribution in [-0.4, -0.2) is 41.0 Å². The molecular formula is C22H24ClN3O2S. The van der Waals surface area contributed by atoms with E-state index in [0.29, 0.717) is 23.9 Å². The van der Waals surface area contributed by atoms with Gasteiger partial charge in [0.1, 0.15) is 0 Å². The van der Waals surface area contributed by atoms with Gasteiger partial charge in [-0.15, -0.1) is 0 Å². The van der Waals surface area contributed by atoms with Gasteiger partial charge in [0.05, 0.1) is 30.8 Å². The number of hydrogen-bond donors (Lipinski definition) is 1. The number of nitrogens with zero attached hydrogens (tertiary/aromatic N) is 2. The monoisotopic (exact) mass is 429 g/mol. The Kier molecular flexibility index (Phi) is 7.75. The van der Waals surface area contributed by atoms with E-state index in [1.165, 1.54) is 17.3 Å². The molecule has 3 rings (SSSR count). The smallest absolute Gasteiger partial charge is 0.230 e. The molecule has 5 nitrogen and oxygen atoms in total. The number of halogens is 1. The second kappa shape index (κ2) is 10.5. The first-order chi connectivity index (χ1) is 14.1. The molecule has 0 bridgehead atoms. The van der Waals surface area contributed by atoms with Gasteiger partial charge in [0.2, 0.25) is 5.91 Å². The fraction of sp³-hybridized carbons (Fsp3) is 0.273.